The minimum atomic E-state index is -0.446. The van der Waals surface area contributed by atoms with Crippen LogP contribution in [0.15, 0.2) is 120 Å². The zero-order valence-electron chi connectivity index (χ0n) is 15.4. The van der Waals surface area contributed by atoms with Gasteiger partial charge in [-0.15, -0.1) is 0 Å². The second-order valence-corrected chi connectivity index (χ2v) is 9.80. The SMILES string of the molecule is BrCc1cccc(Br)c1.c1ccc(P(c2ccccc2)c2ccccc2)cc1. The molecule has 0 nitrogen and oxygen atoms in total. The third-order valence-corrected chi connectivity index (χ3v) is 7.67. The molecule has 0 saturated heterocycles. The third kappa shape index (κ3) is 6.14. The molecule has 140 valence electrons. The maximum Gasteiger partial charge on any atom is 0.0283 e. The van der Waals surface area contributed by atoms with Crippen molar-refractivity contribution in [1.82, 2.24) is 0 Å². The Balaban J connectivity index is 0.000000211. The molecule has 0 bridgehead atoms. The van der Waals surface area contributed by atoms with Gasteiger partial charge in [0.2, 0.25) is 0 Å². The van der Waals surface area contributed by atoms with Gasteiger partial charge < -0.3 is 0 Å². The highest BCUT2D eigenvalue weighted by Gasteiger charge is 2.14. The Morgan fingerprint density at radius 2 is 0.964 bits per heavy atom. The van der Waals surface area contributed by atoms with Gasteiger partial charge in [0.25, 0.3) is 0 Å². The average Bonchev–Trinajstić information content (AvgIpc) is 2.77. The molecule has 0 aromatic heterocycles. The Morgan fingerprint density at radius 3 is 1.29 bits per heavy atom. The Labute approximate surface area is 185 Å². The maximum absolute atomic E-state index is 3.38. The lowest BCUT2D eigenvalue weighted by Gasteiger charge is -2.18. The van der Waals surface area contributed by atoms with E-state index in [9.17, 15) is 0 Å². The molecule has 4 rings (SSSR count). The van der Waals surface area contributed by atoms with E-state index in [1.807, 2.05) is 12.1 Å². The van der Waals surface area contributed by atoms with Gasteiger partial charge in [-0.05, 0) is 41.5 Å². The molecule has 0 unspecified atom stereocenters. The van der Waals surface area contributed by atoms with E-state index >= 15 is 0 Å². The van der Waals surface area contributed by atoms with Crippen molar-refractivity contribution in [2.75, 3.05) is 0 Å². The van der Waals surface area contributed by atoms with E-state index in [1.165, 1.54) is 21.5 Å². The highest BCUT2D eigenvalue weighted by Crippen LogP contribution is 2.32. The van der Waals surface area contributed by atoms with E-state index in [4.69, 9.17) is 0 Å². The van der Waals surface area contributed by atoms with Crippen LogP contribution in [0.5, 0.6) is 0 Å². The molecule has 4 aromatic rings. The molecule has 0 saturated carbocycles. The zero-order valence-corrected chi connectivity index (χ0v) is 19.4. The number of hydrogen-bond donors (Lipinski definition) is 0. The number of hydrogen-bond acceptors (Lipinski definition) is 0. The normalized spacial score (nSPS) is 10.2. The first-order chi connectivity index (χ1) is 13.8. The fourth-order valence-electron chi connectivity index (χ4n) is 2.80. The second kappa shape index (κ2) is 11.3. The summed E-state index contributed by atoms with van der Waals surface area (Å²) in [6.45, 7) is 0. The molecule has 4 aromatic carbocycles. The Morgan fingerprint density at radius 1 is 0.536 bits per heavy atom. The van der Waals surface area contributed by atoms with Gasteiger partial charge in [-0.25, -0.2) is 0 Å². The highest BCUT2D eigenvalue weighted by molar-refractivity contribution is 9.10. The summed E-state index contributed by atoms with van der Waals surface area (Å²) in [5, 5.41) is 5.12. The van der Waals surface area contributed by atoms with Crippen molar-refractivity contribution >= 4 is 55.7 Å². The van der Waals surface area contributed by atoms with Crippen LogP contribution in [0.25, 0.3) is 0 Å². The molecule has 3 heteroatoms. The van der Waals surface area contributed by atoms with Crippen molar-refractivity contribution in [3.63, 3.8) is 0 Å². The van der Waals surface area contributed by atoms with Crippen LogP contribution in [-0.2, 0) is 5.33 Å². The molecule has 0 radical (unpaired) electrons. The molecular formula is C25H21Br2P. The van der Waals surface area contributed by atoms with E-state index in [0.717, 1.165) is 9.80 Å². The average molecular weight is 512 g/mol. The van der Waals surface area contributed by atoms with Crippen LogP contribution in [0.2, 0.25) is 0 Å². The summed E-state index contributed by atoms with van der Waals surface area (Å²) in [5.41, 5.74) is 1.30. The summed E-state index contributed by atoms with van der Waals surface area (Å²) in [6.07, 6.45) is 0. The zero-order chi connectivity index (χ0) is 19.6. The minimum Gasteiger partial charge on any atom is -0.0876 e. The fraction of sp³-hybridized carbons (Fsp3) is 0.0400. The number of rotatable bonds is 4. The van der Waals surface area contributed by atoms with Gasteiger partial charge in [0.1, 0.15) is 0 Å². The third-order valence-electron chi connectivity index (χ3n) is 4.09. The first-order valence-corrected chi connectivity index (χ1v) is 12.3. The smallest absolute Gasteiger partial charge is 0.0283 e. The van der Waals surface area contributed by atoms with Crippen molar-refractivity contribution in [3.05, 3.63) is 125 Å². The second-order valence-electron chi connectivity index (χ2n) is 6.11. The fourth-order valence-corrected chi connectivity index (χ4v) is 5.90. The molecule has 0 aliphatic rings. The Hall–Kier alpha value is -1.73. The Bertz CT molecular complexity index is 863. The predicted molar refractivity (Wildman–Crippen MR) is 132 cm³/mol. The predicted octanol–water partition coefficient (Wildman–Crippen LogP) is 6.79. The monoisotopic (exact) mass is 510 g/mol. The van der Waals surface area contributed by atoms with Gasteiger partial charge in [0, 0.05) is 9.80 Å². The summed E-state index contributed by atoms with van der Waals surface area (Å²) in [4.78, 5) is 0. The molecule has 0 aliphatic carbocycles. The summed E-state index contributed by atoms with van der Waals surface area (Å²) in [6, 6.07) is 40.5. The summed E-state index contributed by atoms with van der Waals surface area (Å²) in [7, 11) is -0.446. The van der Waals surface area contributed by atoms with Crippen LogP contribution in [-0.4, -0.2) is 0 Å². The van der Waals surface area contributed by atoms with Gasteiger partial charge in [0.05, 0.1) is 0 Å². The van der Waals surface area contributed by atoms with Crippen LogP contribution in [0, 0.1) is 0 Å². The lowest BCUT2D eigenvalue weighted by Crippen LogP contribution is -2.20. The van der Waals surface area contributed by atoms with Crippen molar-refractivity contribution in [2.24, 2.45) is 0 Å². The molecule has 0 fully saturated rings. The molecule has 0 spiro atoms. The summed E-state index contributed by atoms with van der Waals surface area (Å²) < 4.78 is 1.14. The van der Waals surface area contributed by atoms with Crippen LogP contribution in [0.4, 0.5) is 0 Å². The van der Waals surface area contributed by atoms with E-state index in [0.29, 0.717) is 0 Å². The van der Waals surface area contributed by atoms with Gasteiger partial charge in [0.15, 0.2) is 0 Å². The van der Waals surface area contributed by atoms with Crippen molar-refractivity contribution in [2.45, 2.75) is 5.33 Å². The van der Waals surface area contributed by atoms with Gasteiger partial charge in [-0.2, -0.15) is 0 Å². The molecule has 0 N–H and O–H groups in total. The van der Waals surface area contributed by atoms with E-state index in [1.54, 1.807) is 0 Å². The van der Waals surface area contributed by atoms with Crippen LogP contribution < -0.4 is 15.9 Å². The summed E-state index contributed by atoms with van der Waals surface area (Å²) >= 11 is 6.75. The standard InChI is InChI=1S/C18H15P.C7H6Br2/c1-4-10-16(11-5-1)19(17-12-6-2-7-13-17)18-14-8-3-9-15-18;8-5-6-2-1-3-7(9)4-6/h1-15H;1-4H,5H2. The first-order valence-electron chi connectivity index (χ1n) is 9.03. The lowest BCUT2D eigenvalue weighted by atomic mass is 10.2. The maximum atomic E-state index is 3.38. The molecule has 0 amide bonds. The van der Waals surface area contributed by atoms with Gasteiger partial charge >= 0.3 is 0 Å². The largest absolute Gasteiger partial charge is 0.0876 e. The number of benzene rings is 4. The van der Waals surface area contributed by atoms with Crippen molar-refractivity contribution in [3.8, 4) is 0 Å². The van der Waals surface area contributed by atoms with Crippen molar-refractivity contribution < 1.29 is 0 Å². The molecule has 0 atom stereocenters. The Kier molecular flexibility index (Phi) is 8.48. The molecule has 0 heterocycles. The van der Waals surface area contributed by atoms with Crippen LogP contribution >= 0.6 is 39.8 Å². The van der Waals surface area contributed by atoms with Gasteiger partial charge in [-0.1, -0.05) is 135 Å². The lowest BCUT2D eigenvalue weighted by molar-refractivity contribution is 1.42. The summed E-state index contributed by atoms with van der Waals surface area (Å²) in [5.74, 6) is 0. The number of halogens is 2. The topological polar surface area (TPSA) is 0 Å². The van der Waals surface area contributed by atoms with Crippen LogP contribution in [0.3, 0.4) is 0 Å². The first kappa shape index (κ1) is 21.0. The van der Waals surface area contributed by atoms with E-state index in [-0.39, 0.29) is 0 Å². The van der Waals surface area contributed by atoms with Gasteiger partial charge in [-0.3, -0.25) is 0 Å². The highest BCUT2D eigenvalue weighted by atomic mass is 79.9. The quantitative estimate of drug-likeness (QED) is 0.209. The molecule has 0 aliphatic heterocycles. The van der Waals surface area contributed by atoms with Crippen LogP contribution in [0.1, 0.15) is 5.56 Å². The van der Waals surface area contributed by atoms with Crippen molar-refractivity contribution in [1.29, 1.82) is 0 Å². The van der Waals surface area contributed by atoms with E-state index < -0.39 is 7.92 Å². The molecule has 28 heavy (non-hydrogen) atoms. The number of alkyl halides is 1. The molecular weight excluding hydrogens is 491 g/mol. The minimum absolute atomic E-state index is 0.446. The van der Waals surface area contributed by atoms with E-state index in [2.05, 4.69) is 135 Å².